The third-order valence-corrected chi connectivity index (χ3v) is 2.57. The highest BCUT2D eigenvalue weighted by Crippen LogP contribution is 2.16. The Morgan fingerprint density at radius 1 is 1.50 bits per heavy atom. The average Bonchev–Trinajstić information content (AvgIpc) is 2.16. The van der Waals surface area contributed by atoms with Gasteiger partial charge in [0, 0.05) is 13.1 Å². The first-order valence-electron chi connectivity index (χ1n) is 5.50. The maximum absolute atomic E-state index is 11.2. The van der Waals surface area contributed by atoms with Gasteiger partial charge in [-0.15, -0.1) is 0 Å². The summed E-state index contributed by atoms with van der Waals surface area (Å²) in [5, 5.41) is 2.72. The molecule has 1 aliphatic rings. The van der Waals surface area contributed by atoms with Crippen LogP contribution in [0.3, 0.4) is 0 Å². The second-order valence-electron chi connectivity index (χ2n) is 4.15. The van der Waals surface area contributed by atoms with Gasteiger partial charge < -0.3 is 20.7 Å². The molecule has 3 N–H and O–H groups in total. The maximum atomic E-state index is 11.2. The van der Waals surface area contributed by atoms with Crippen molar-refractivity contribution in [2.75, 3.05) is 19.7 Å². The fourth-order valence-electron chi connectivity index (χ4n) is 1.98. The number of ether oxygens (including phenoxy) is 1. The molecule has 0 saturated carbocycles. The van der Waals surface area contributed by atoms with Crippen LogP contribution in [0, 0.1) is 5.92 Å². The van der Waals surface area contributed by atoms with Gasteiger partial charge in [0.1, 0.15) is 0 Å². The minimum atomic E-state index is -0.442. The van der Waals surface area contributed by atoms with Crippen LogP contribution in [0.25, 0.3) is 0 Å². The Morgan fingerprint density at radius 2 is 2.19 bits per heavy atom. The molecule has 6 nitrogen and oxygen atoms in total. The highest BCUT2D eigenvalue weighted by molar-refractivity contribution is 5.72. The lowest BCUT2D eigenvalue weighted by atomic mass is 9.96. The van der Waals surface area contributed by atoms with Crippen molar-refractivity contribution in [2.24, 2.45) is 11.7 Å². The van der Waals surface area contributed by atoms with E-state index in [2.05, 4.69) is 5.32 Å². The number of hydrogen-bond donors (Lipinski definition) is 2. The van der Waals surface area contributed by atoms with E-state index in [1.807, 2.05) is 6.92 Å². The normalized spacial score (nSPS) is 25.0. The molecule has 0 bridgehead atoms. The Morgan fingerprint density at radius 3 is 2.75 bits per heavy atom. The summed E-state index contributed by atoms with van der Waals surface area (Å²) >= 11 is 0. The number of hydrogen-bond acceptors (Lipinski definition) is 3. The van der Waals surface area contributed by atoms with E-state index in [1.165, 1.54) is 0 Å². The molecule has 0 spiro atoms. The van der Waals surface area contributed by atoms with Crippen LogP contribution in [0.15, 0.2) is 0 Å². The van der Waals surface area contributed by atoms with Crippen molar-refractivity contribution in [3.8, 4) is 0 Å². The van der Waals surface area contributed by atoms with Gasteiger partial charge in [0.05, 0.1) is 12.6 Å². The summed E-state index contributed by atoms with van der Waals surface area (Å²) in [6.45, 7) is 5.22. The molecule has 0 radical (unpaired) electrons. The van der Waals surface area contributed by atoms with Crippen LogP contribution in [0.2, 0.25) is 0 Å². The molecule has 6 heteroatoms. The molecule has 1 aliphatic heterocycles. The van der Waals surface area contributed by atoms with E-state index in [0.29, 0.717) is 25.6 Å². The smallest absolute Gasteiger partial charge is 0.407 e. The second kappa shape index (κ2) is 5.58. The number of nitrogens with zero attached hydrogens (tertiary/aromatic N) is 1. The Balaban J connectivity index is 2.47. The van der Waals surface area contributed by atoms with Crippen molar-refractivity contribution >= 4 is 12.1 Å². The van der Waals surface area contributed by atoms with Crippen LogP contribution < -0.4 is 11.1 Å². The number of carbonyl (C=O) groups is 2. The van der Waals surface area contributed by atoms with E-state index in [0.717, 1.165) is 6.42 Å². The Hall–Kier alpha value is -1.46. The van der Waals surface area contributed by atoms with Gasteiger partial charge in [0.15, 0.2) is 0 Å². The van der Waals surface area contributed by atoms with Gasteiger partial charge in [-0.1, -0.05) is 6.92 Å². The van der Waals surface area contributed by atoms with E-state index in [-0.39, 0.29) is 6.04 Å². The van der Waals surface area contributed by atoms with Gasteiger partial charge in [-0.2, -0.15) is 0 Å². The molecular weight excluding hydrogens is 210 g/mol. The molecule has 2 atom stereocenters. The van der Waals surface area contributed by atoms with Crippen LogP contribution in [-0.4, -0.2) is 42.8 Å². The van der Waals surface area contributed by atoms with Crippen LogP contribution >= 0.6 is 0 Å². The van der Waals surface area contributed by atoms with Crippen LogP contribution in [0.1, 0.15) is 20.3 Å². The predicted octanol–water partition coefficient (Wildman–Crippen LogP) is 0.522. The topological polar surface area (TPSA) is 84.7 Å². The molecule has 1 saturated heterocycles. The number of alkyl carbamates (subject to hydrolysis) is 1. The van der Waals surface area contributed by atoms with Crippen LogP contribution in [-0.2, 0) is 4.74 Å². The summed E-state index contributed by atoms with van der Waals surface area (Å²) in [7, 11) is 0. The zero-order valence-electron chi connectivity index (χ0n) is 9.73. The van der Waals surface area contributed by atoms with Crippen molar-refractivity contribution < 1.29 is 14.3 Å². The lowest BCUT2D eigenvalue weighted by molar-refractivity contribution is 0.128. The van der Waals surface area contributed by atoms with Gasteiger partial charge in [-0.3, -0.25) is 0 Å². The number of piperidine rings is 1. The van der Waals surface area contributed by atoms with Gasteiger partial charge >= 0.3 is 12.1 Å². The summed E-state index contributed by atoms with van der Waals surface area (Å²) in [5.41, 5.74) is 5.22. The summed E-state index contributed by atoms with van der Waals surface area (Å²) in [5.74, 6) is 0.327. The summed E-state index contributed by atoms with van der Waals surface area (Å²) < 4.78 is 4.79. The molecule has 2 unspecified atom stereocenters. The number of urea groups is 1. The SMILES string of the molecule is CCOC(=O)NC1CC(C)CN(C(N)=O)C1. The molecule has 0 aromatic carbocycles. The third kappa shape index (κ3) is 3.60. The Labute approximate surface area is 95.1 Å². The zero-order valence-corrected chi connectivity index (χ0v) is 9.73. The number of nitrogens with one attached hydrogen (secondary N) is 1. The number of likely N-dealkylation sites (tertiary alicyclic amines) is 1. The van der Waals surface area contributed by atoms with Crippen molar-refractivity contribution in [2.45, 2.75) is 26.3 Å². The van der Waals surface area contributed by atoms with Gasteiger partial charge in [0.2, 0.25) is 0 Å². The van der Waals surface area contributed by atoms with E-state index in [9.17, 15) is 9.59 Å². The van der Waals surface area contributed by atoms with Crippen LogP contribution in [0.5, 0.6) is 0 Å². The van der Waals surface area contributed by atoms with Gasteiger partial charge in [-0.05, 0) is 19.3 Å². The molecule has 0 aromatic rings. The molecule has 16 heavy (non-hydrogen) atoms. The fraction of sp³-hybridized carbons (Fsp3) is 0.800. The number of amides is 3. The van der Waals surface area contributed by atoms with E-state index >= 15 is 0 Å². The quantitative estimate of drug-likeness (QED) is 0.724. The lowest BCUT2D eigenvalue weighted by Crippen LogP contribution is -2.53. The molecule has 0 aromatic heterocycles. The first kappa shape index (κ1) is 12.6. The van der Waals surface area contributed by atoms with Crippen molar-refractivity contribution in [3.05, 3.63) is 0 Å². The van der Waals surface area contributed by atoms with Crippen molar-refractivity contribution in [1.29, 1.82) is 0 Å². The zero-order chi connectivity index (χ0) is 12.1. The monoisotopic (exact) mass is 229 g/mol. The molecule has 1 rings (SSSR count). The number of rotatable bonds is 2. The largest absolute Gasteiger partial charge is 0.450 e. The van der Waals surface area contributed by atoms with E-state index in [4.69, 9.17) is 10.5 Å². The maximum Gasteiger partial charge on any atom is 0.407 e. The van der Waals surface area contributed by atoms with Crippen LogP contribution in [0.4, 0.5) is 9.59 Å². The first-order valence-corrected chi connectivity index (χ1v) is 5.50. The molecule has 1 heterocycles. The average molecular weight is 229 g/mol. The molecular formula is C10H19N3O3. The lowest BCUT2D eigenvalue weighted by Gasteiger charge is -2.35. The molecule has 0 aliphatic carbocycles. The predicted molar refractivity (Wildman–Crippen MR) is 58.9 cm³/mol. The number of nitrogens with two attached hydrogens (primary N) is 1. The number of primary amides is 1. The van der Waals surface area contributed by atoms with Crippen molar-refractivity contribution in [3.63, 3.8) is 0 Å². The molecule has 1 fully saturated rings. The summed E-state index contributed by atoms with van der Waals surface area (Å²) in [4.78, 5) is 23.8. The third-order valence-electron chi connectivity index (χ3n) is 2.57. The Kier molecular flexibility index (Phi) is 4.39. The summed E-state index contributed by atoms with van der Waals surface area (Å²) in [6.07, 6.45) is 0.397. The molecule has 3 amide bonds. The molecule has 92 valence electrons. The van der Waals surface area contributed by atoms with Gasteiger partial charge in [-0.25, -0.2) is 9.59 Å². The van der Waals surface area contributed by atoms with Gasteiger partial charge in [0.25, 0.3) is 0 Å². The van der Waals surface area contributed by atoms with Crippen molar-refractivity contribution in [1.82, 2.24) is 10.2 Å². The summed E-state index contributed by atoms with van der Waals surface area (Å²) in [6, 6.07) is -0.516. The Bertz CT molecular complexity index is 270. The highest BCUT2D eigenvalue weighted by Gasteiger charge is 2.27. The minimum absolute atomic E-state index is 0.0738. The number of carbonyl (C=O) groups excluding carboxylic acids is 2. The first-order chi connectivity index (χ1) is 7.52. The highest BCUT2D eigenvalue weighted by atomic mass is 16.5. The minimum Gasteiger partial charge on any atom is -0.450 e. The van der Waals surface area contributed by atoms with E-state index < -0.39 is 12.1 Å². The fourth-order valence-corrected chi connectivity index (χ4v) is 1.98. The van der Waals surface area contributed by atoms with E-state index in [1.54, 1.807) is 11.8 Å². The second-order valence-corrected chi connectivity index (χ2v) is 4.15. The standard InChI is InChI=1S/C10H19N3O3/c1-3-16-10(15)12-8-4-7(2)5-13(6-8)9(11)14/h7-8H,3-6H2,1-2H3,(H2,11,14)(H,12,15).